The highest BCUT2D eigenvalue weighted by atomic mass is 15.0. The molecular weight excluding hydrogens is 210 g/mol. The molecule has 0 saturated heterocycles. The van der Waals surface area contributed by atoms with Crippen molar-refractivity contribution in [1.82, 2.24) is 9.97 Å². The molecule has 1 N–H and O–H groups in total. The fraction of sp³-hybridized carbons (Fsp3) is 0.286. The molecule has 3 nitrogen and oxygen atoms in total. The minimum atomic E-state index is 0.842. The first kappa shape index (κ1) is 11.6. The number of hydrogen-bond acceptors (Lipinski definition) is 3. The third kappa shape index (κ3) is 2.61. The van der Waals surface area contributed by atoms with E-state index in [1.807, 2.05) is 13.1 Å². The smallest absolute Gasteiger partial charge is 0.131 e. The number of hydrogen-bond donors (Lipinski definition) is 1. The van der Waals surface area contributed by atoms with Gasteiger partial charge in [-0.25, -0.2) is 9.97 Å². The molecule has 0 radical (unpaired) electrons. The Morgan fingerprint density at radius 1 is 1.12 bits per heavy atom. The summed E-state index contributed by atoms with van der Waals surface area (Å²) in [4.78, 5) is 8.94. The van der Waals surface area contributed by atoms with E-state index in [1.165, 1.54) is 5.56 Å². The number of nitrogens with zero attached hydrogens (tertiary/aromatic N) is 2. The summed E-state index contributed by atoms with van der Waals surface area (Å²) < 4.78 is 0. The Kier molecular flexibility index (Phi) is 3.38. The van der Waals surface area contributed by atoms with Gasteiger partial charge < -0.3 is 5.32 Å². The van der Waals surface area contributed by atoms with Gasteiger partial charge in [-0.15, -0.1) is 0 Å². The Labute approximate surface area is 102 Å². The van der Waals surface area contributed by atoms with Gasteiger partial charge in [0.25, 0.3) is 0 Å². The van der Waals surface area contributed by atoms with Crippen LogP contribution in [0.15, 0.2) is 30.3 Å². The summed E-state index contributed by atoms with van der Waals surface area (Å²) in [5.74, 6) is 1.74. The molecule has 0 aliphatic heterocycles. The van der Waals surface area contributed by atoms with Gasteiger partial charge in [0, 0.05) is 25.1 Å². The average molecular weight is 227 g/mol. The lowest BCUT2D eigenvalue weighted by atomic mass is 10.1. The van der Waals surface area contributed by atoms with Crippen LogP contribution in [0.1, 0.15) is 18.3 Å². The third-order valence-electron chi connectivity index (χ3n) is 2.69. The molecule has 0 aliphatic rings. The lowest BCUT2D eigenvalue weighted by Gasteiger charge is -2.07. The Morgan fingerprint density at radius 2 is 1.82 bits per heavy atom. The van der Waals surface area contributed by atoms with E-state index in [0.29, 0.717) is 0 Å². The van der Waals surface area contributed by atoms with E-state index in [9.17, 15) is 0 Å². The number of nitrogens with one attached hydrogen (secondary N) is 1. The fourth-order valence-corrected chi connectivity index (χ4v) is 1.66. The molecule has 0 fully saturated rings. The first-order valence-corrected chi connectivity index (χ1v) is 5.85. The molecule has 1 heterocycles. The Bertz CT molecular complexity index is 481. The van der Waals surface area contributed by atoms with Gasteiger partial charge in [-0.2, -0.15) is 0 Å². The van der Waals surface area contributed by atoms with Crippen molar-refractivity contribution in [1.29, 1.82) is 0 Å². The first-order chi connectivity index (χ1) is 8.22. The highest BCUT2D eigenvalue weighted by Crippen LogP contribution is 2.20. The number of aromatic nitrogens is 2. The van der Waals surface area contributed by atoms with Crippen molar-refractivity contribution in [3.8, 4) is 11.3 Å². The van der Waals surface area contributed by atoms with Crippen LogP contribution in [0.3, 0.4) is 0 Å². The van der Waals surface area contributed by atoms with E-state index in [0.717, 1.165) is 29.3 Å². The molecule has 17 heavy (non-hydrogen) atoms. The highest BCUT2D eigenvalue weighted by Gasteiger charge is 2.04. The van der Waals surface area contributed by atoms with Crippen LogP contribution in [0.25, 0.3) is 11.3 Å². The van der Waals surface area contributed by atoms with Crippen molar-refractivity contribution < 1.29 is 0 Å². The average Bonchev–Trinajstić information content (AvgIpc) is 2.39. The normalized spacial score (nSPS) is 10.3. The summed E-state index contributed by atoms with van der Waals surface area (Å²) in [6, 6.07) is 10.4. The summed E-state index contributed by atoms with van der Waals surface area (Å²) in [7, 11) is 1.88. The zero-order valence-electron chi connectivity index (χ0n) is 10.5. The molecule has 0 spiro atoms. The molecule has 0 saturated carbocycles. The molecule has 0 amide bonds. The summed E-state index contributed by atoms with van der Waals surface area (Å²) in [6.45, 7) is 4.15. The summed E-state index contributed by atoms with van der Waals surface area (Å²) >= 11 is 0. The molecule has 88 valence electrons. The quantitative estimate of drug-likeness (QED) is 0.875. The predicted molar refractivity (Wildman–Crippen MR) is 71.1 cm³/mol. The van der Waals surface area contributed by atoms with Crippen LogP contribution in [0.4, 0.5) is 5.82 Å². The first-order valence-electron chi connectivity index (χ1n) is 5.85. The Hall–Kier alpha value is -1.90. The Morgan fingerprint density at radius 3 is 2.41 bits per heavy atom. The van der Waals surface area contributed by atoms with Crippen molar-refractivity contribution in [3.63, 3.8) is 0 Å². The second-order valence-electron chi connectivity index (χ2n) is 4.02. The van der Waals surface area contributed by atoms with E-state index >= 15 is 0 Å². The van der Waals surface area contributed by atoms with E-state index < -0.39 is 0 Å². The van der Waals surface area contributed by atoms with Crippen molar-refractivity contribution in [2.24, 2.45) is 0 Å². The zero-order chi connectivity index (χ0) is 12.3. The predicted octanol–water partition coefficient (Wildman–Crippen LogP) is 3.06. The van der Waals surface area contributed by atoms with Gasteiger partial charge in [0.15, 0.2) is 0 Å². The van der Waals surface area contributed by atoms with Crippen LogP contribution >= 0.6 is 0 Å². The van der Waals surface area contributed by atoms with E-state index in [1.54, 1.807) is 0 Å². The number of rotatable bonds is 3. The van der Waals surface area contributed by atoms with Crippen molar-refractivity contribution in [2.45, 2.75) is 20.3 Å². The van der Waals surface area contributed by atoms with Gasteiger partial charge in [-0.05, 0) is 6.92 Å². The molecule has 0 unspecified atom stereocenters. The largest absolute Gasteiger partial charge is 0.373 e. The summed E-state index contributed by atoms with van der Waals surface area (Å²) in [6.07, 6.45) is 0.842. The minimum Gasteiger partial charge on any atom is -0.373 e. The van der Waals surface area contributed by atoms with Gasteiger partial charge in [0.1, 0.15) is 11.6 Å². The molecule has 0 atom stereocenters. The topological polar surface area (TPSA) is 37.8 Å². The number of aryl methyl sites for hydroxylation is 2. The lowest BCUT2D eigenvalue weighted by molar-refractivity contribution is 0.945. The molecule has 0 bridgehead atoms. The van der Waals surface area contributed by atoms with Crippen LogP contribution in [0, 0.1) is 6.92 Å². The van der Waals surface area contributed by atoms with Crippen molar-refractivity contribution in [3.05, 3.63) is 41.7 Å². The lowest BCUT2D eigenvalue weighted by Crippen LogP contribution is -2.00. The minimum absolute atomic E-state index is 0.842. The summed E-state index contributed by atoms with van der Waals surface area (Å²) in [5, 5.41) is 3.07. The SMILES string of the molecule is CCc1nc(NC)cc(-c2ccc(C)cc2)n1. The summed E-state index contributed by atoms with van der Waals surface area (Å²) in [5.41, 5.74) is 3.36. The maximum absolute atomic E-state index is 4.55. The zero-order valence-corrected chi connectivity index (χ0v) is 10.5. The second kappa shape index (κ2) is 4.95. The second-order valence-corrected chi connectivity index (χ2v) is 4.02. The maximum atomic E-state index is 4.55. The Balaban J connectivity index is 2.46. The van der Waals surface area contributed by atoms with E-state index in [-0.39, 0.29) is 0 Å². The van der Waals surface area contributed by atoms with Gasteiger partial charge in [0.2, 0.25) is 0 Å². The van der Waals surface area contributed by atoms with Crippen LogP contribution in [0.5, 0.6) is 0 Å². The molecule has 1 aromatic carbocycles. The molecule has 2 rings (SSSR count). The van der Waals surface area contributed by atoms with Gasteiger partial charge >= 0.3 is 0 Å². The molecular formula is C14H17N3. The van der Waals surface area contributed by atoms with Gasteiger partial charge in [0.05, 0.1) is 5.69 Å². The highest BCUT2D eigenvalue weighted by molar-refractivity contribution is 5.62. The number of benzene rings is 1. The van der Waals surface area contributed by atoms with Crippen molar-refractivity contribution >= 4 is 5.82 Å². The molecule has 0 aliphatic carbocycles. The molecule has 2 aromatic rings. The van der Waals surface area contributed by atoms with E-state index in [4.69, 9.17) is 0 Å². The monoisotopic (exact) mass is 227 g/mol. The number of anilines is 1. The van der Waals surface area contributed by atoms with E-state index in [2.05, 4.69) is 53.4 Å². The molecule has 3 heteroatoms. The van der Waals surface area contributed by atoms with Gasteiger partial charge in [-0.3, -0.25) is 0 Å². The van der Waals surface area contributed by atoms with Crippen LogP contribution < -0.4 is 5.32 Å². The van der Waals surface area contributed by atoms with Crippen molar-refractivity contribution in [2.75, 3.05) is 12.4 Å². The van der Waals surface area contributed by atoms with Gasteiger partial charge in [-0.1, -0.05) is 36.8 Å². The van der Waals surface area contributed by atoms with Crippen LogP contribution in [0.2, 0.25) is 0 Å². The standard InChI is InChI=1S/C14H17N3/c1-4-13-16-12(9-14(15-3)17-13)11-7-5-10(2)6-8-11/h5-9H,4H2,1-3H3,(H,15,16,17). The third-order valence-corrected chi connectivity index (χ3v) is 2.69. The maximum Gasteiger partial charge on any atom is 0.131 e. The van der Waals surface area contributed by atoms with Crippen LogP contribution in [-0.4, -0.2) is 17.0 Å². The van der Waals surface area contributed by atoms with Crippen LogP contribution in [-0.2, 0) is 6.42 Å². The fourth-order valence-electron chi connectivity index (χ4n) is 1.66. The molecule has 1 aromatic heterocycles.